The van der Waals surface area contributed by atoms with Crippen molar-refractivity contribution in [1.29, 1.82) is 0 Å². The van der Waals surface area contributed by atoms with Gasteiger partial charge in [0.25, 0.3) is 0 Å². The first-order valence-electron chi connectivity index (χ1n) is 7.09. The van der Waals surface area contributed by atoms with Crippen LogP contribution in [0, 0.1) is 0 Å². The van der Waals surface area contributed by atoms with Crippen LogP contribution >= 0.6 is 15.9 Å². The standard InChI is InChI=1S/C14H21BrN2O3S/c1-2-20-12-5-7-17(8-6-12)21(18,19)14-9-11(10-16)3-4-13(14)15/h3-4,9,12H,2,5-8,10,16H2,1H3. The highest BCUT2D eigenvalue weighted by Crippen LogP contribution is 2.28. The van der Waals surface area contributed by atoms with Crippen LogP contribution in [-0.4, -0.2) is 38.5 Å². The molecule has 118 valence electrons. The summed E-state index contributed by atoms with van der Waals surface area (Å²) in [4.78, 5) is 0.292. The van der Waals surface area contributed by atoms with Crippen LogP contribution in [0.5, 0.6) is 0 Å². The van der Waals surface area contributed by atoms with Crippen LogP contribution in [0.25, 0.3) is 0 Å². The highest BCUT2D eigenvalue weighted by molar-refractivity contribution is 9.10. The van der Waals surface area contributed by atoms with Gasteiger partial charge >= 0.3 is 0 Å². The van der Waals surface area contributed by atoms with Crippen molar-refractivity contribution in [3.63, 3.8) is 0 Å². The zero-order chi connectivity index (χ0) is 15.5. The minimum atomic E-state index is -3.49. The smallest absolute Gasteiger partial charge is 0.244 e. The molecule has 1 heterocycles. The lowest BCUT2D eigenvalue weighted by molar-refractivity contribution is 0.0290. The first kappa shape index (κ1) is 16.9. The lowest BCUT2D eigenvalue weighted by Crippen LogP contribution is -2.41. The first-order chi connectivity index (χ1) is 9.98. The van der Waals surface area contributed by atoms with Gasteiger partial charge in [0.1, 0.15) is 0 Å². The highest BCUT2D eigenvalue weighted by Gasteiger charge is 2.31. The van der Waals surface area contributed by atoms with Crippen molar-refractivity contribution in [3.05, 3.63) is 28.2 Å². The number of halogens is 1. The molecule has 1 aromatic carbocycles. The Morgan fingerprint density at radius 2 is 2.05 bits per heavy atom. The van der Waals surface area contributed by atoms with Crippen molar-refractivity contribution in [2.24, 2.45) is 5.73 Å². The number of nitrogens with two attached hydrogens (primary N) is 1. The zero-order valence-corrected chi connectivity index (χ0v) is 14.5. The summed E-state index contributed by atoms with van der Waals surface area (Å²) in [6.45, 7) is 3.93. The average molecular weight is 377 g/mol. The summed E-state index contributed by atoms with van der Waals surface area (Å²) in [5, 5.41) is 0. The molecule has 0 unspecified atom stereocenters. The summed E-state index contributed by atoms with van der Waals surface area (Å²) < 4.78 is 33.2. The molecule has 2 rings (SSSR count). The molecular weight excluding hydrogens is 356 g/mol. The number of hydrogen-bond acceptors (Lipinski definition) is 4. The van der Waals surface area contributed by atoms with E-state index in [0.29, 0.717) is 35.6 Å². The van der Waals surface area contributed by atoms with Crippen LogP contribution < -0.4 is 5.73 Å². The molecule has 1 aromatic rings. The van der Waals surface area contributed by atoms with Crippen molar-refractivity contribution in [1.82, 2.24) is 4.31 Å². The third-order valence-electron chi connectivity index (χ3n) is 3.65. The molecule has 7 heteroatoms. The van der Waals surface area contributed by atoms with E-state index in [4.69, 9.17) is 10.5 Å². The lowest BCUT2D eigenvalue weighted by atomic mass is 10.1. The second-order valence-corrected chi connectivity index (χ2v) is 7.79. The molecule has 0 atom stereocenters. The van der Waals surface area contributed by atoms with E-state index in [2.05, 4.69) is 15.9 Å². The fourth-order valence-corrected chi connectivity index (χ4v) is 4.93. The highest BCUT2D eigenvalue weighted by atomic mass is 79.9. The minimum Gasteiger partial charge on any atom is -0.378 e. The Labute approximate surface area is 134 Å². The second-order valence-electron chi connectivity index (χ2n) is 5.03. The Morgan fingerprint density at radius 3 is 2.62 bits per heavy atom. The summed E-state index contributed by atoms with van der Waals surface area (Å²) in [7, 11) is -3.49. The number of piperidine rings is 1. The largest absolute Gasteiger partial charge is 0.378 e. The Balaban J connectivity index is 2.19. The van der Waals surface area contributed by atoms with Crippen LogP contribution in [-0.2, 0) is 21.3 Å². The molecule has 0 aromatic heterocycles. The normalized spacial score (nSPS) is 18.0. The minimum absolute atomic E-state index is 0.167. The van der Waals surface area contributed by atoms with Gasteiger partial charge in [-0.2, -0.15) is 4.31 Å². The molecule has 1 aliphatic rings. The van der Waals surface area contributed by atoms with Crippen LogP contribution in [0.3, 0.4) is 0 Å². The number of rotatable bonds is 5. The van der Waals surface area contributed by atoms with Crippen LogP contribution in [0.2, 0.25) is 0 Å². The van der Waals surface area contributed by atoms with Gasteiger partial charge < -0.3 is 10.5 Å². The molecule has 1 fully saturated rings. The van der Waals surface area contributed by atoms with Gasteiger partial charge in [0.2, 0.25) is 10.0 Å². The van der Waals surface area contributed by atoms with Gasteiger partial charge in [0, 0.05) is 30.7 Å². The Hall–Kier alpha value is -0.470. The first-order valence-corrected chi connectivity index (χ1v) is 9.32. The van der Waals surface area contributed by atoms with E-state index in [-0.39, 0.29) is 6.10 Å². The maximum absolute atomic E-state index is 12.8. The SMILES string of the molecule is CCOC1CCN(S(=O)(=O)c2cc(CN)ccc2Br)CC1. The number of sulfonamides is 1. The number of ether oxygens (including phenoxy) is 1. The van der Waals surface area contributed by atoms with Crippen LogP contribution in [0.1, 0.15) is 25.3 Å². The average Bonchev–Trinajstić information content (AvgIpc) is 2.48. The van der Waals surface area contributed by atoms with Gasteiger partial charge in [-0.25, -0.2) is 8.42 Å². The molecule has 0 radical (unpaired) electrons. The summed E-state index contributed by atoms with van der Waals surface area (Å²) >= 11 is 3.33. The second kappa shape index (κ2) is 7.19. The molecule has 2 N–H and O–H groups in total. The van der Waals surface area contributed by atoms with Crippen molar-refractivity contribution < 1.29 is 13.2 Å². The van der Waals surface area contributed by atoms with Gasteiger partial charge in [-0.3, -0.25) is 0 Å². The summed E-state index contributed by atoms with van der Waals surface area (Å²) in [6.07, 6.45) is 1.64. The Morgan fingerprint density at radius 1 is 1.38 bits per heavy atom. The molecule has 0 amide bonds. The predicted octanol–water partition coefficient (Wildman–Crippen LogP) is 2.10. The fourth-order valence-electron chi connectivity index (χ4n) is 2.49. The number of benzene rings is 1. The Bertz CT molecular complexity index is 584. The molecular formula is C14H21BrN2O3S. The maximum Gasteiger partial charge on any atom is 0.244 e. The van der Waals surface area contributed by atoms with E-state index in [1.54, 1.807) is 12.1 Å². The summed E-state index contributed by atoms with van der Waals surface area (Å²) in [6, 6.07) is 5.21. The molecule has 0 bridgehead atoms. The number of hydrogen-bond donors (Lipinski definition) is 1. The molecule has 1 saturated heterocycles. The van der Waals surface area contributed by atoms with Crippen molar-refractivity contribution in [2.75, 3.05) is 19.7 Å². The molecule has 5 nitrogen and oxygen atoms in total. The fraction of sp³-hybridized carbons (Fsp3) is 0.571. The van der Waals surface area contributed by atoms with E-state index in [1.807, 2.05) is 13.0 Å². The topological polar surface area (TPSA) is 72.6 Å². The molecule has 0 aliphatic carbocycles. The third-order valence-corrected chi connectivity index (χ3v) is 6.54. The maximum atomic E-state index is 12.8. The quantitative estimate of drug-likeness (QED) is 0.853. The van der Waals surface area contributed by atoms with Gasteiger partial charge in [-0.05, 0) is 53.4 Å². The van der Waals surface area contributed by atoms with E-state index < -0.39 is 10.0 Å². The zero-order valence-electron chi connectivity index (χ0n) is 12.1. The van der Waals surface area contributed by atoms with Crippen molar-refractivity contribution >= 4 is 26.0 Å². The summed E-state index contributed by atoms with van der Waals surface area (Å²) in [5.41, 5.74) is 6.41. The van der Waals surface area contributed by atoms with E-state index in [1.165, 1.54) is 4.31 Å². The number of nitrogens with zero attached hydrogens (tertiary/aromatic N) is 1. The van der Waals surface area contributed by atoms with Crippen molar-refractivity contribution in [2.45, 2.75) is 37.3 Å². The Kier molecular flexibility index (Phi) is 5.79. The van der Waals surface area contributed by atoms with E-state index in [0.717, 1.165) is 18.4 Å². The van der Waals surface area contributed by atoms with Gasteiger partial charge in [-0.1, -0.05) is 6.07 Å². The van der Waals surface area contributed by atoms with Gasteiger partial charge in [0.05, 0.1) is 11.0 Å². The van der Waals surface area contributed by atoms with E-state index >= 15 is 0 Å². The summed E-state index contributed by atoms with van der Waals surface area (Å²) in [5.74, 6) is 0. The van der Waals surface area contributed by atoms with Gasteiger partial charge in [-0.15, -0.1) is 0 Å². The van der Waals surface area contributed by atoms with E-state index in [9.17, 15) is 8.42 Å². The lowest BCUT2D eigenvalue weighted by Gasteiger charge is -2.31. The van der Waals surface area contributed by atoms with Crippen molar-refractivity contribution in [3.8, 4) is 0 Å². The van der Waals surface area contributed by atoms with Crippen LogP contribution in [0.4, 0.5) is 0 Å². The third kappa shape index (κ3) is 3.84. The molecule has 0 spiro atoms. The van der Waals surface area contributed by atoms with Gasteiger partial charge in [0.15, 0.2) is 0 Å². The monoisotopic (exact) mass is 376 g/mol. The van der Waals surface area contributed by atoms with Crippen LogP contribution in [0.15, 0.2) is 27.6 Å². The predicted molar refractivity (Wildman–Crippen MR) is 85.4 cm³/mol. The molecule has 21 heavy (non-hydrogen) atoms. The molecule has 1 aliphatic heterocycles. The molecule has 0 saturated carbocycles.